The lowest BCUT2D eigenvalue weighted by atomic mass is 10.1. The molecular formula is C16H13BrN2. The minimum Gasteiger partial charge on any atom is -0.398 e. The molecule has 19 heavy (non-hydrogen) atoms. The zero-order chi connectivity index (χ0) is 13.4. The molecular weight excluding hydrogens is 300 g/mol. The number of nitrogens with two attached hydrogens (primary N) is 1. The number of aromatic nitrogens is 1. The standard InChI is InChI=1S/C16H13BrN2/c1-10-7-12-14(18)9-15(11-5-3-2-4-6-11)19-16(12)8-13(10)17/h2-9H,1H3,(H2,18,19). The van der Waals surface area contributed by atoms with Gasteiger partial charge in [-0.25, -0.2) is 4.98 Å². The van der Waals surface area contributed by atoms with E-state index in [0.29, 0.717) is 0 Å². The van der Waals surface area contributed by atoms with Gasteiger partial charge in [0.15, 0.2) is 0 Å². The normalized spacial score (nSPS) is 10.8. The van der Waals surface area contributed by atoms with E-state index < -0.39 is 0 Å². The number of fused-ring (bicyclic) bond motifs is 1. The molecule has 0 radical (unpaired) electrons. The van der Waals surface area contributed by atoms with Crippen molar-refractivity contribution in [3.63, 3.8) is 0 Å². The molecule has 3 rings (SSSR count). The minimum atomic E-state index is 0.763. The molecule has 0 atom stereocenters. The number of benzene rings is 2. The lowest BCUT2D eigenvalue weighted by molar-refractivity contribution is 1.37. The second kappa shape index (κ2) is 4.67. The maximum Gasteiger partial charge on any atom is 0.0741 e. The van der Waals surface area contributed by atoms with Crippen LogP contribution in [-0.4, -0.2) is 4.98 Å². The molecule has 0 bridgehead atoms. The molecule has 2 N–H and O–H groups in total. The van der Waals surface area contributed by atoms with Crippen molar-refractivity contribution in [2.75, 3.05) is 5.73 Å². The maximum atomic E-state index is 6.16. The summed E-state index contributed by atoms with van der Waals surface area (Å²) in [4.78, 5) is 4.70. The van der Waals surface area contributed by atoms with E-state index in [9.17, 15) is 0 Å². The molecule has 0 spiro atoms. The number of hydrogen-bond acceptors (Lipinski definition) is 2. The van der Waals surface area contributed by atoms with Crippen LogP contribution in [0.2, 0.25) is 0 Å². The van der Waals surface area contributed by atoms with E-state index in [4.69, 9.17) is 10.7 Å². The van der Waals surface area contributed by atoms with Gasteiger partial charge < -0.3 is 5.73 Å². The SMILES string of the molecule is Cc1cc2c(N)cc(-c3ccccc3)nc2cc1Br. The summed E-state index contributed by atoms with van der Waals surface area (Å²) in [5.41, 5.74) is 11.0. The Hall–Kier alpha value is -1.87. The van der Waals surface area contributed by atoms with E-state index in [-0.39, 0.29) is 0 Å². The van der Waals surface area contributed by atoms with Crippen LogP contribution in [0.4, 0.5) is 5.69 Å². The van der Waals surface area contributed by atoms with Gasteiger partial charge in [0.25, 0.3) is 0 Å². The minimum absolute atomic E-state index is 0.763. The molecule has 3 heteroatoms. The first-order chi connectivity index (χ1) is 9.15. The molecule has 0 aliphatic carbocycles. The van der Waals surface area contributed by atoms with Crippen molar-refractivity contribution in [1.82, 2.24) is 4.98 Å². The van der Waals surface area contributed by atoms with Gasteiger partial charge in [-0.3, -0.25) is 0 Å². The first-order valence-corrected chi connectivity index (χ1v) is 6.86. The lowest BCUT2D eigenvalue weighted by Crippen LogP contribution is -1.93. The summed E-state index contributed by atoms with van der Waals surface area (Å²) in [7, 11) is 0. The van der Waals surface area contributed by atoms with Gasteiger partial charge in [-0.2, -0.15) is 0 Å². The summed E-state index contributed by atoms with van der Waals surface area (Å²) in [5, 5.41) is 1.00. The number of nitrogen functional groups attached to an aromatic ring is 1. The molecule has 0 aliphatic heterocycles. The topological polar surface area (TPSA) is 38.9 Å². The molecule has 1 aromatic heterocycles. The van der Waals surface area contributed by atoms with Crippen molar-refractivity contribution in [2.45, 2.75) is 6.92 Å². The number of pyridine rings is 1. The molecule has 2 aromatic carbocycles. The second-order valence-corrected chi connectivity index (χ2v) is 5.44. The zero-order valence-electron chi connectivity index (χ0n) is 10.5. The average Bonchev–Trinajstić information content (AvgIpc) is 2.42. The fraction of sp³-hybridized carbons (Fsp3) is 0.0625. The van der Waals surface area contributed by atoms with Crippen LogP contribution in [-0.2, 0) is 0 Å². The third kappa shape index (κ3) is 2.22. The Kier molecular flexibility index (Phi) is 2.99. The molecule has 1 heterocycles. The monoisotopic (exact) mass is 312 g/mol. The Morgan fingerprint density at radius 1 is 1.05 bits per heavy atom. The summed E-state index contributed by atoms with van der Waals surface area (Å²) >= 11 is 3.54. The molecule has 0 unspecified atom stereocenters. The van der Waals surface area contributed by atoms with Crippen molar-refractivity contribution in [3.05, 3.63) is 58.6 Å². The molecule has 0 aliphatic rings. The Balaban J connectivity index is 2.28. The summed E-state index contributed by atoms with van der Waals surface area (Å²) < 4.78 is 1.05. The number of anilines is 1. The number of hydrogen-bond donors (Lipinski definition) is 1. The highest BCUT2D eigenvalue weighted by Crippen LogP contribution is 2.30. The number of aryl methyl sites for hydroxylation is 1. The highest BCUT2D eigenvalue weighted by Gasteiger charge is 2.07. The fourth-order valence-electron chi connectivity index (χ4n) is 2.14. The van der Waals surface area contributed by atoms with Crippen LogP contribution in [0, 0.1) is 6.92 Å². The van der Waals surface area contributed by atoms with Crippen molar-refractivity contribution < 1.29 is 0 Å². The third-order valence-corrected chi connectivity index (χ3v) is 4.04. The van der Waals surface area contributed by atoms with Crippen LogP contribution in [0.15, 0.2) is 53.0 Å². The molecule has 94 valence electrons. The van der Waals surface area contributed by atoms with Gasteiger partial charge in [0.1, 0.15) is 0 Å². The largest absolute Gasteiger partial charge is 0.398 e. The molecule has 3 aromatic rings. The van der Waals surface area contributed by atoms with Gasteiger partial charge in [0.05, 0.1) is 11.2 Å². The van der Waals surface area contributed by atoms with Gasteiger partial charge in [-0.15, -0.1) is 0 Å². The highest BCUT2D eigenvalue weighted by molar-refractivity contribution is 9.10. The van der Waals surface area contributed by atoms with Crippen LogP contribution >= 0.6 is 15.9 Å². The number of nitrogens with zero attached hydrogens (tertiary/aromatic N) is 1. The van der Waals surface area contributed by atoms with Gasteiger partial charge >= 0.3 is 0 Å². The maximum absolute atomic E-state index is 6.16. The fourth-order valence-corrected chi connectivity index (χ4v) is 2.47. The molecule has 0 saturated heterocycles. The van der Waals surface area contributed by atoms with Crippen molar-refractivity contribution in [3.8, 4) is 11.3 Å². The molecule has 2 nitrogen and oxygen atoms in total. The van der Waals surface area contributed by atoms with Crippen LogP contribution in [0.5, 0.6) is 0 Å². The van der Waals surface area contributed by atoms with Crippen molar-refractivity contribution in [1.29, 1.82) is 0 Å². The van der Waals surface area contributed by atoms with Gasteiger partial charge in [-0.05, 0) is 30.7 Å². The van der Waals surface area contributed by atoms with Crippen molar-refractivity contribution in [2.24, 2.45) is 0 Å². The second-order valence-electron chi connectivity index (χ2n) is 4.58. The summed E-state index contributed by atoms with van der Waals surface area (Å²) in [6.45, 7) is 2.05. The number of rotatable bonds is 1. The van der Waals surface area contributed by atoms with E-state index in [2.05, 4.69) is 22.0 Å². The smallest absolute Gasteiger partial charge is 0.0741 e. The zero-order valence-corrected chi connectivity index (χ0v) is 12.1. The van der Waals surface area contributed by atoms with E-state index in [1.54, 1.807) is 0 Å². The lowest BCUT2D eigenvalue weighted by Gasteiger charge is -2.08. The summed E-state index contributed by atoms with van der Waals surface area (Å²) in [6, 6.07) is 16.1. The Morgan fingerprint density at radius 3 is 2.53 bits per heavy atom. The van der Waals surface area contributed by atoms with Crippen LogP contribution in [0.25, 0.3) is 22.2 Å². The van der Waals surface area contributed by atoms with E-state index >= 15 is 0 Å². The van der Waals surface area contributed by atoms with Crippen LogP contribution in [0.3, 0.4) is 0 Å². The van der Waals surface area contributed by atoms with Gasteiger partial charge in [0, 0.05) is 21.1 Å². The summed E-state index contributed by atoms with van der Waals surface area (Å²) in [5.74, 6) is 0. The Bertz CT molecular complexity index is 752. The van der Waals surface area contributed by atoms with E-state index in [1.807, 2.05) is 49.4 Å². The summed E-state index contributed by atoms with van der Waals surface area (Å²) in [6.07, 6.45) is 0. The van der Waals surface area contributed by atoms with Crippen LogP contribution < -0.4 is 5.73 Å². The highest BCUT2D eigenvalue weighted by atomic mass is 79.9. The van der Waals surface area contributed by atoms with Crippen molar-refractivity contribution >= 4 is 32.5 Å². The Labute approximate surface area is 120 Å². The molecule has 0 amide bonds. The quantitative estimate of drug-likeness (QED) is 0.715. The third-order valence-electron chi connectivity index (χ3n) is 3.19. The van der Waals surface area contributed by atoms with Gasteiger partial charge in [-0.1, -0.05) is 46.3 Å². The van der Waals surface area contributed by atoms with Crippen LogP contribution in [0.1, 0.15) is 5.56 Å². The average molecular weight is 313 g/mol. The molecule has 0 fully saturated rings. The number of halogens is 1. The first-order valence-electron chi connectivity index (χ1n) is 6.07. The van der Waals surface area contributed by atoms with E-state index in [0.717, 1.165) is 37.9 Å². The predicted octanol–water partition coefficient (Wildman–Crippen LogP) is 4.55. The van der Waals surface area contributed by atoms with Gasteiger partial charge in [0.2, 0.25) is 0 Å². The Morgan fingerprint density at radius 2 is 1.79 bits per heavy atom. The molecule has 0 saturated carbocycles. The predicted molar refractivity (Wildman–Crippen MR) is 84.0 cm³/mol. The van der Waals surface area contributed by atoms with E-state index in [1.165, 1.54) is 0 Å². The first kappa shape index (κ1) is 12.2.